The fourth-order valence-corrected chi connectivity index (χ4v) is 2.30. The average Bonchev–Trinajstić information content (AvgIpc) is 2.94. The summed E-state index contributed by atoms with van der Waals surface area (Å²) in [6.45, 7) is 4.22. The average molecular weight is 282 g/mol. The second kappa shape index (κ2) is 5.37. The largest absolute Gasteiger partial charge is 0.480 e. The second-order valence-electron chi connectivity index (χ2n) is 4.05. The Balaban J connectivity index is 2.03. The molecule has 0 fully saturated rings. The first kappa shape index (κ1) is 13.5. The van der Waals surface area contributed by atoms with Gasteiger partial charge in [0.1, 0.15) is 11.8 Å². The van der Waals surface area contributed by atoms with Crippen LogP contribution in [0.5, 0.6) is 0 Å². The molecule has 2 aromatic rings. The van der Waals surface area contributed by atoms with Crippen LogP contribution in [-0.2, 0) is 11.3 Å². The Kier molecular flexibility index (Phi) is 3.82. The third-order valence-electron chi connectivity index (χ3n) is 2.70. The minimum absolute atomic E-state index is 0.346. The highest BCUT2D eigenvalue weighted by Gasteiger charge is 2.18. The zero-order valence-corrected chi connectivity index (χ0v) is 11.3. The summed E-state index contributed by atoms with van der Waals surface area (Å²) in [6.07, 6.45) is 0. The Bertz CT molecular complexity index is 573. The summed E-state index contributed by atoms with van der Waals surface area (Å²) in [5.74, 6) is -0.341. The first-order valence-electron chi connectivity index (χ1n) is 5.58. The van der Waals surface area contributed by atoms with Gasteiger partial charge >= 0.3 is 5.97 Å². The molecular weight excluding hydrogens is 268 g/mol. The van der Waals surface area contributed by atoms with Gasteiger partial charge in [0.15, 0.2) is 5.13 Å². The summed E-state index contributed by atoms with van der Waals surface area (Å²) in [5.41, 5.74) is 7.62. The maximum absolute atomic E-state index is 10.7. The molecule has 19 heavy (non-hydrogen) atoms. The van der Waals surface area contributed by atoms with E-state index in [2.05, 4.69) is 15.5 Å². The molecule has 2 aromatic heterocycles. The number of carbonyl (C=O) groups is 1. The number of carboxylic acid groups (broad SMARTS) is 1. The number of anilines is 1. The number of thiazole rings is 1. The highest BCUT2D eigenvalue weighted by Crippen LogP contribution is 2.21. The van der Waals surface area contributed by atoms with E-state index in [1.165, 1.54) is 11.3 Å². The molecule has 1 unspecified atom stereocenters. The molecule has 102 valence electrons. The predicted molar refractivity (Wildman–Crippen MR) is 70.0 cm³/mol. The second-order valence-corrected chi connectivity index (χ2v) is 4.91. The lowest BCUT2D eigenvalue weighted by atomic mass is 10.2. The van der Waals surface area contributed by atoms with Crippen LogP contribution in [0.1, 0.15) is 28.8 Å². The van der Waals surface area contributed by atoms with E-state index in [0.717, 1.165) is 17.0 Å². The predicted octanol–water partition coefficient (Wildman–Crippen LogP) is 1.44. The van der Waals surface area contributed by atoms with Gasteiger partial charge in [-0.3, -0.25) is 4.79 Å². The van der Waals surface area contributed by atoms with Gasteiger partial charge in [-0.15, -0.1) is 11.3 Å². The SMILES string of the molecule is Cc1noc(C)c1CNc1nc(C(N)C(=O)O)cs1. The van der Waals surface area contributed by atoms with E-state index >= 15 is 0 Å². The number of rotatable bonds is 5. The Labute approximate surface area is 113 Å². The first-order valence-corrected chi connectivity index (χ1v) is 6.46. The number of nitrogens with two attached hydrogens (primary N) is 1. The van der Waals surface area contributed by atoms with E-state index in [-0.39, 0.29) is 0 Å². The van der Waals surface area contributed by atoms with Crippen molar-refractivity contribution in [1.82, 2.24) is 10.1 Å². The summed E-state index contributed by atoms with van der Waals surface area (Å²) in [6, 6.07) is -1.09. The molecule has 4 N–H and O–H groups in total. The fraction of sp³-hybridized carbons (Fsp3) is 0.364. The number of hydrogen-bond acceptors (Lipinski definition) is 7. The summed E-state index contributed by atoms with van der Waals surface area (Å²) < 4.78 is 5.05. The topological polar surface area (TPSA) is 114 Å². The van der Waals surface area contributed by atoms with Gasteiger partial charge in [0, 0.05) is 17.5 Å². The molecule has 0 aliphatic rings. The molecule has 0 aliphatic carbocycles. The van der Waals surface area contributed by atoms with Gasteiger partial charge in [-0.1, -0.05) is 5.16 Å². The zero-order valence-electron chi connectivity index (χ0n) is 10.5. The standard InChI is InChI=1S/C11H14N4O3S/c1-5-7(6(2)18-15-5)3-13-11-14-8(4-19-11)9(12)10(16)17/h4,9H,3,12H2,1-2H3,(H,13,14)(H,16,17). The summed E-state index contributed by atoms with van der Waals surface area (Å²) in [4.78, 5) is 14.9. The van der Waals surface area contributed by atoms with Crippen molar-refractivity contribution in [2.24, 2.45) is 5.73 Å². The minimum atomic E-state index is -1.09. The Hall–Kier alpha value is -1.93. The van der Waals surface area contributed by atoms with E-state index < -0.39 is 12.0 Å². The van der Waals surface area contributed by atoms with E-state index in [4.69, 9.17) is 15.4 Å². The van der Waals surface area contributed by atoms with Crippen molar-refractivity contribution in [3.05, 3.63) is 28.1 Å². The monoisotopic (exact) mass is 282 g/mol. The van der Waals surface area contributed by atoms with E-state index in [1.54, 1.807) is 5.38 Å². The van der Waals surface area contributed by atoms with Crippen LogP contribution >= 0.6 is 11.3 Å². The van der Waals surface area contributed by atoms with E-state index in [9.17, 15) is 4.79 Å². The van der Waals surface area contributed by atoms with Crippen molar-refractivity contribution in [2.75, 3.05) is 5.32 Å². The maximum Gasteiger partial charge on any atom is 0.326 e. The molecule has 1 atom stereocenters. The van der Waals surface area contributed by atoms with Gasteiger partial charge in [-0.2, -0.15) is 0 Å². The van der Waals surface area contributed by atoms with Crippen molar-refractivity contribution in [2.45, 2.75) is 26.4 Å². The van der Waals surface area contributed by atoms with E-state index in [0.29, 0.717) is 17.4 Å². The van der Waals surface area contributed by atoms with Gasteiger partial charge in [0.2, 0.25) is 0 Å². The Morgan fingerprint density at radius 2 is 2.37 bits per heavy atom. The smallest absolute Gasteiger partial charge is 0.326 e. The van der Waals surface area contributed by atoms with Crippen LogP contribution in [0.25, 0.3) is 0 Å². The fourth-order valence-electron chi connectivity index (χ4n) is 1.55. The van der Waals surface area contributed by atoms with Crippen LogP contribution in [0.2, 0.25) is 0 Å². The molecule has 0 spiro atoms. The number of aromatic nitrogens is 2. The van der Waals surface area contributed by atoms with Crippen LogP contribution < -0.4 is 11.1 Å². The number of aryl methyl sites for hydroxylation is 2. The lowest BCUT2D eigenvalue weighted by molar-refractivity contribution is -0.138. The molecule has 8 heteroatoms. The molecule has 0 bridgehead atoms. The molecule has 0 saturated heterocycles. The highest BCUT2D eigenvalue weighted by molar-refractivity contribution is 7.13. The molecule has 0 aromatic carbocycles. The molecule has 7 nitrogen and oxygen atoms in total. The molecule has 0 saturated carbocycles. The molecular formula is C11H14N4O3S. The van der Waals surface area contributed by atoms with E-state index in [1.807, 2.05) is 13.8 Å². The summed E-state index contributed by atoms with van der Waals surface area (Å²) in [7, 11) is 0. The molecule has 2 rings (SSSR count). The van der Waals surface area contributed by atoms with Crippen molar-refractivity contribution >= 4 is 22.4 Å². The van der Waals surface area contributed by atoms with Crippen LogP contribution in [0.3, 0.4) is 0 Å². The lowest BCUT2D eigenvalue weighted by Gasteiger charge is -2.03. The van der Waals surface area contributed by atoms with Crippen molar-refractivity contribution in [3.63, 3.8) is 0 Å². The van der Waals surface area contributed by atoms with Gasteiger partial charge in [-0.25, -0.2) is 4.98 Å². The van der Waals surface area contributed by atoms with Crippen LogP contribution in [0, 0.1) is 13.8 Å². The maximum atomic E-state index is 10.7. The van der Waals surface area contributed by atoms with Gasteiger partial charge in [0.05, 0.1) is 11.4 Å². The van der Waals surface area contributed by atoms with Crippen molar-refractivity contribution in [3.8, 4) is 0 Å². The van der Waals surface area contributed by atoms with Crippen molar-refractivity contribution in [1.29, 1.82) is 0 Å². The molecule has 0 radical (unpaired) electrons. The number of nitrogens with one attached hydrogen (secondary N) is 1. The third kappa shape index (κ3) is 2.91. The molecule has 0 amide bonds. The highest BCUT2D eigenvalue weighted by atomic mass is 32.1. The number of hydrogen-bond donors (Lipinski definition) is 3. The molecule has 2 heterocycles. The quantitative estimate of drug-likeness (QED) is 0.760. The third-order valence-corrected chi connectivity index (χ3v) is 3.52. The van der Waals surface area contributed by atoms with Gasteiger partial charge in [-0.05, 0) is 13.8 Å². The minimum Gasteiger partial charge on any atom is -0.480 e. The number of aliphatic carboxylic acids is 1. The van der Waals surface area contributed by atoms with Gasteiger partial charge < -0.3 is 20.7 Å². The van der Waals surface area contributed by atoms with Crippen LogP contribution in [-0.4, -0.2) is 21.2 Å². The summed E-state index contributed by atoms with van der Waals surface area (Å²) >= 11 is 1.31. The Morgan fingerprint density at radius 3 is 2.95 bits per heavy atom. The van der Waals surface area contributed by atoms with Crippen LogP contribution in [0.15, 0.2) is 9.90 Å². The first-order chi connectivity index (χ1) is 8.99. The van der Waals surface area contributed by atoms with Gasteiger partial charge in [0.25, 0.3) is 0 Å². The Morgan fingerprint density at radius 1 is 1.63 bits per heavy atom. The number of nitrogens with zero attached hydrogens (tertiary/aromatic N) is 2. The van der Waals surface area contributed by atoms with Crippen LogP contribution in [0.4, 0.5) is 5.13 Å². The lowest BCUT2D eigenvalue weighted by Crippen LogP contribution is -2.20. The van der Waals surface area contributed by atoms with Crippen molar-refractivity contribution < 1.29 is 14.4 Å². The number of carboxylic acids is 1. The molecule has 0 aliphatic heterocycles. The zero-order chi connectivity index (χ0) is 14.0. The summed E-state index contributed by atoms with van der Waals surface area (Å²) in [5, 5.41) is 18.0. The normalized spacial score (nSPS) is 12.4.